The first-order valence-corrected chi connectivity index (χ1v) is 5.56. The van der Waals surface area contributed by atoms with Gasteiger partial charge >= 0.3 is 0 Å². The topological polar surface area (TPSA) is 33.1 Å². The summed E-state index contributed by atoms with van der Waals surface area (Å²) in [6.07, 6.45) is 4.09. The smallest absolute Gasteiger partial charge is 0.0537 e. The second kappa shape index (κ2) is 5.88. The zero-order chi connectivity index (χ0) is 11.3. The van der Waals surface area contributed by atoms with E-state index in [9.17, 15) is 0 Å². The molecule has 0 saturated heterocycles. The van der Waals surface area contributed by atoms with Crippen LogP contribution in [0.4, 0.5) is 0 Å². The molecule has 0 aliphatic carbocycles. The van der Waals surface area contributed by atoms with Gasteiger partial charge in [0, 0.05) is 37.4 Å². The first-order chi connectivity index (χ1) is 7.19. The van der Waals surface area contributed by atoms with Crippen LogP contribution in [0.15, 0.2) is 12.4 Å². The van der Waals surface area contributed by atoms with Crippen LogP contribution in [-0.2, 0) is 6.54 Å². The fourth-order valence-electron chi connectivity index (χ4n) is 1.50. The lowest BCUT2D eigenvalue weighted by molar-refractivity contribution is 0.263. The number of nitrogens with zero attached hydrogens (tertiary/aromatic N) is 3. The Morgan fingerprint density at radius 2 is 2.33 bits per heavy atom. The van der Waals surface area contributed by atoms with Gasteiger partial charge in [-0.05, 0) is 27.9 Å². The third-order valence-electron chi connectivity index (χ3n) is 2.84. The first kappa shape index (κ1) is 12.2. The van der Waals surface area contributed by atoms with Gasteiger partial charge in [0.25, 0.3) is 0 Å². The van der Waals surface area contributed by atoms with Gasteiger partial charge in [0.2, 0.25) is 0 Å². The molecule has 1 unspecified atom stereocenters. The van der Waals surface area contributed by atoms with Crippen LogP contribution in [0.5, 0.6) is 0 Å². The molecule has 0 aliphatic rings. The molecule has 1 rings (SSSR count). The summed E-state index contributed by atoms with van der Waals surface area (Å²) in [5.74, 6) is 0. The summed E-state index contributed by atoms with van der Waals surface area (Å²) in [5.41, 5.74) is 1.29. The van der Waals surface area contributed by atoms with Crippen molar-refractivity contribution in [1.29, 1.82) is 0 Å². The SMILES string of the molecule is CCn1cc(C(C)N(C)CCNC)cn1. The van der Waals surface area contributed by atoms with Crippen molar-refractivity contribution in [2.45, 2.75) is 26.4 Å². The van der Waals surface area contributed by atoms with Crippen LogP contribution in [0.2, 0.25) is 0 Å². The lowest BCUT2D eigenvalue weighted by Gasteiger charge is -2.23. The average Bonchev–Trinajstić information content (AvgIpc) is 2.73. The average molecular weight is 210 g/mol. The Labute approximate surface area is 92.3 Å². The number of rotatable bonds is 6. The van der Waals surface area contributed by atoms with Gasteiger partial charge in [-0.3, -0.25) is 9.58 Å². The maximum Gasteiger partial charge on any atom is 0.0537 e. The van der Waals surface area contributed by atoms with E-state index in [1.165, 1.54) is 5.56 Å². The van der Waals surface area contributed by atoms with Crippen molar-refractivity contribution in [3.63, 3.8) is 0 Å². The highest BCUT2D eigenvalue weighted by atomic mass is 15.3. The maximum atomic E-state index is 4.29. The largest absolute Gasteiger partial charge is 0.318 e. The fraction of sp³-hybridized carbons (Fsp3) is 0.727. The Bertz CT molecular complexity index is 282. The predicted octanol–water partition coefficient (Wildman–Crippen LogP) is 1.12. The highest BCUT2D eigenvalue weighted by Gasteiger charge is 2.12. The lowest BCUT2D eigenvalue weighted by atomic mass is 10.1. The van der Waals surface area contributed by atoms with E-state index in [-0.39, 0.29) is 0 Å². The number of nitrogens with one attached hydrogen (secondary N) is 1. The molecule has 0 amide bonds. The highest BCUT2D eigenvalue weighted by Crippen LogP contribution is 2.16. The molecule has 0 radical (unpaired) electrons. The number of hydrogen-bond acceptors (Lipinski definition) is 3. The Morgan fingerprint density at radius 1 is 1.60 bits per heavy atom. The number of hydrogen-bond donors (Lipinski definition) is 1. The molecule has 0 aromatic carbocycles. The van der Waals surface area contributed by atoms with E-state index in [0.717, 1.165) is 19.6 Å². The Kier molecular flexibility index (Phi) is 4.78. The Balaban J connectivity index is 2.54. The zero-order valence-electron chi connectivity index (χ0n) is 10.2. The number of likely N-dealkylation sites (N-methyl/N-ethyl adjacent to an activating group) is 2. The van der Waals surface area contributed by atoms with Gasteiger partial charge in [0.15, 0.2) is 0 Å². The molecule has 1 N–H and O–H groups in total. The molecular formula is C11H22N4. The molecule has 0 fully saturated rings. The van der Waals surface area contributed by atoms with Crippen molar-refractivity contribution < 1.29 is 0 Å². The molecule has 1 aromatic heterocycles. The first-order valence-electron chi connectivity index (χ1n) is 5.56. The van der Waals surface area contributed by atoms with Crippen LogP contribution in [0.1, 0.15) is 25.5 Å². The second-order valence-corrected chi connectivity index (χ2v) is 3.89. The van der Waals surface area contributed by atoms with E-state index < -0.39 is 0 Å². The lowest BCUT2D eigenvalue weighted by Crippen LogP contribution is -2.29. The van der Waals surface area contributed by atoms with Gasteiger partial charge in [-0.1, -0.05) is 0 Å². The van der Waals surface area contributed by atoms with E-state index in [4.69, 9.17) is 0 Å². The Hall–Kier alpha value is -0.870. The summed E-state index contributed by atoms with van der Waals surface area (Å²) < 4.78 is 1.97. The normalized spacial score (nSPS) is 13.4. The van der Waals surface area contributed by atoms with E-state index >= 15 is 0 Å². The minimum Gasteiger partial charge on any atom is -0.318 e. The second-order valence-electron chi connectivity index (χ2n) is 3.89. The third-order valence-corrected chi connectivity index (χ3v) is 2.84. The van der Waals surface area contributed by atoms with Gasteiger partial charge in [0.05, 0.1) is 6.20 Å². The molecular weight excluding hydrogens is 188 g/mol. The van der Waals surface area contributed by atoms with E-state index in [2.05, 4.69) is 42.4 Å². The van der Waals surface area contributed by atoms with Crippen LogP contribution in [0.3, 0.4) is 0 Å². The van der Waals surface area contributed by atoms with Gasteiger partial charge in [-0.2, -0.15) is 5.10 Å². The maximum absolute atomic E-state index is 4.29. The van der Waals surface area contributed by atoms with Crippen molar-refractivity contribution in [3.05, 3.63) is 18.0 Å². The molecule has 15 heavy (non-hydrogen) atoms. The number of aromatic nitrogens is 2. The summed E-state index contributed by atoms with van der Waals surface area (Å²) in [5, 5.41) is 7.45. The van der Waals surface area contributed by atoms with Crippen LogP contribution < -0.4 is 5.32 Å². The zero-order valence-corrected chi connectivity index (χ0v) is 10.2. The molecule has 1 heterocycles. The van der Waals surface area contributed by atoms with Crippen molar-refractivity contribution in [2.24, 2.45) is 0 Å². The summed E-state index contributed by atoms with van der Waals surface area (Å²) in [7, 11) is 4.12. The van der Waals surface area contributed by atoms with Crippen molar-refractivity contribution in [3.8, 4) is 0 Å². The third kappa shape index (κ3) is 3.32. The monoisotopic (exact) mass is 210 g/mol. The molecule has 0 saturated carbocycles. The quantitative estimate of drug-likeness (QED) is 0.763. The summed E-state index contributed by atoms with van der Waals surface area (Å²) in [4.78, 5) is 2.33. The fourth-order valence-corrected chi connectivity index (χ4v) is 1.50. The van der Waals surface area contributed by atoms with Crippen molar-refractivity contribution in [1.82, 2.24) is 20.0 Å². The van der Waals surface area contributed by atoms with Crippen LogP contribution >= 0.6 is 0 Å². The van der Waals surface area contributed by atoms with Gasteiger partial charge in [0.1, 0.15) is 0 Å². The molecule has 0 aliphatic heterocycles. The molecule has 0 spiro atoms. The van der Waals surface area contributed by atoms with Gasteiger partial charge in [-0.25, -0.2) is 0 Å². The molecule has 1 aromatic rings. The standard InChI is InChI=1S/C11H22N4/c1-5-15-9-11(8-13-15)10(2)14(4)7-6-12-3/h8-10,12H,5-7H2,1-4H3. The number of aryl methyl sites for hydroxylation is 1. The minimum atomic E-state index is 0.429. The molecule has 4 nitrogen and oxygen atoms in total. The van der Waals surface area contributed by atoms with Gasteiger partial charge in [-0.15, -0.1) is 0 Å². The predicted molar refractivity (Wildman–Crippen MR) is 62.9 cm³/mol. The van der Waals surface area contributed by atoms with Gasteiger partial charge < -0.3 is 5.32 Å². The minimum absolute atomic E-state index is 0.429. The van der Waals surface area contributed by atoms with E-state index in [1.54, 1.807) is 0 Å². The Morgan fingerprint density at radius 3 is 2.87 bits per heavy atom. The van der Waals surface area contributed by atoms with Crippen LogP contribution in [0, 0.1) is 0 Å². The molecule has 1 atom stereocenters. The van der Waals surface area contributed by atoms with Crippen molar-refractivity contribution in [2.75, 3.05) is 27.2 Å². The molecule has 86 valence electrons. The van der Waals surface area contributed by atoms with E-state index in [1.807, 2.05) is 17.9 Å². The molecule has 4 heteroatoms. The highest BCUT2D eigenvalue weighted by molar-refractivity contribution is 5.09. The summed E-state index contributed by atoms with van der Waals surface area (Å²) >= 11 is 0. The molecule has 0 bridgehead atoms. The van der Waals surface area contributed by atoms with E-state index in [0.29, 0.717) is 6.04 Å². The summed E-state index contributed by atoms with van der Waals surface area (Å²) in [6.45, 7) is 7.32. The summed E-state index contributed by atoms with van der Waals surface area (Å²) in [6, 6.07) is 0.429. The van der Waals surface area contributed by atoms with Crippen LogP contribution in [0.25, 0.3) is 0 Å². The van der Waals surface area contributed by atoms with Crippen molar-refractivity contribution >= 4 is 0 Å². The van der Waals surface area contributed by atoms with Crippen LogP contribution in [-0.4, -0.2) is 41.9 Å².